The van der Waals surface area contributed by atoms with E-state index in [-0.39, 0.29) is 0 Å². The van der Waals surface area contributed by atoms with Crippen LogP contribution in [0.25, 0.3) is 28.2 Å². The van der Waals surface area contributed by atoms with Gasteiger partial charge >= 0.3 is 6.09 Å². The number of nitrogens with one attached hydrogen (secondary N) is 1. The number of hydrogen-bond acceptors (Lipinski definition) is 7. The number of methoxy groups -OCH3 is 1. The first-order chi connectivity index (χ1) is 19.0. The molecule has 0 saturated carbocycles. The largest absolute Gasteiger partial charge is 0.475 e. The van der Waals surface area contributed by atoms with Crippen molar-refractivity contribution in [2.45, 2.75) is 26.3 Å². The van der Waals surface area contributed by atoms with E-state index in [4.69, 9.17) is 14.5 Å². The molecule has 0 aliphatic carbocycles. The van der Waals surface area contributed by atoms with Crippen LogP contribution in [-0.4, -0.2) is 59.2 Å². The molecule has 0 radical (unpaired) electrons. The van der Waals surface area contributed by atoms with Crippen LogP contribution in [0.5, 0.6) is 5.88 Å². The highest BCUT2D eigenvalue weighted by molar-refractivity contribution is 5.82. The number of fused-ring (bicyclic) bond motifs is 1. The molecule has 200 valence electrons. The molecule has 1 aliphatic rings. The number of rotatable bonds is 7. The molecule has 0 bridgehead atoms. The molecule has 5 rings (SSSR count). The molecule has 0 spiro atoms. The van der Waals surface area contributed by atoms with E-state index >= 15 is 0 Å². The van der Waals surface area contributed by atoms with E-state index in [9.17, 15) is 10.1 Å². The van der Waals surface area contributed by atoms with E-state index < -0.39 is 6.09 Å². The van der Waals surface area contributed by atoms with Crippen LogP contribution in [0.3, 0.4) is 0 Å². The second kappa shape index (κ2) is 11.5. The van der Waals surface area contributed by atoms with E-state index in [2.05, 4.69) is 28.3 Å². The highest BCUT2D eigenvalue weighted by atomic mass is 16.5. The summed E-state index contributed by atoms with van der Waals surface area (Å²) in [7, 11) is 3.49. The number of hydrogen-bond donors (Lipinski definition) is 1. The van der Waals surface area contributed by atoms with Gasteiger partial charge in [-0.2, -0.15) is 5.26 Å². The van der Waals surface area contributed by atoms with E-state index in [0.717, 1.165) is 59.6 Å². The Hall–Kier alpha value is -4.42. The SMILES string of the molecule is COC(=O)NCc1cc(-c2c(-c3ccc(C#N)cc3)nc(OC[C@@H]3CCCN(C)C3)c3nccn23)ccc1C. The molecule has 1 amide bonds. The summed E-state index contributed by atoms with van der Waals surface area (Å²) < 4.78 is 13.1. The van der Waals surface area contributed by atoms with Crippen LogP contribution in [-0.2, 0) is 11.3 Å². The third-order valence-corrected chi connectivity index (χ3v) is 7.21. The number of aryl methyl sites for hydroxylation is 1. The van der Waals surface area contributed by atoms with Crippen molar-refractivity contribution in [1.29, 1.82) is 5.26 Å². The van der Waals surface area contributed by atoms with Crippen LogP contribution in [0.1, 0.15) is 29.5 Å². The summed E-state index contributed by atoms with van der Waals surface area (Å²) >= 11 is 0. The summed E-state index contributed by atoms with van der Waals surface area (Å²) in [5, 5.41) is 12.1. The zero-order valence-electron chi connectivity index (χ0n) is 22.5. The molecule has 9 heteroatoms. The summed E-state index contributed by atoms with van der Waals surface area (Å²) in [5.41, 5.74) is 6.55. The molecule has 1 atom stereocenters. The van der Waals surface area contributed by atoms with Crippen molar-refractivity contribution in [3.8, 4) is 34.5 Å². The number of likely N-dealkylation sites (tertiary alicyclic amines) is 1. The van der Waals surface area contributed by atoms with Crippen molar-refractivity contribution in [1.82, 2.24) is 24.6 Å². The molecule has 4 aromatic rings. The van der Waals surface area contributed by atoms with Gasteiger partial charge < -0.3 is 19.7 Å². The minimum atomic E-state index is -0.484. The van der Waals surface area contributed by atoms with E-state index in [1.165, 1.54) is 7.11 Å². The number of ether oxygens (including phenoxy) is 2. The first kappa shape index (κ1) is 26.2. The maximum absolute atomic E-state index is 11.7. The Labute approximate surface area is 228 Å². The molecule has 1 aliphatic heterocycles. The molecule has 2 aromatic heterocycles. The Kier molecular flexibility index (Phi) is 7.75. The molecule has 0 unspecified atom stereocenters. The standard InChI is InChI=1S/C30H32N6O3/c1-20-6-9-24(15-25(20)17-33-30(37)38-3)27-26(23-10-7-21(16-31)8-11-23)34-29(28-32-12-14-36(27)28)39-19-22-5-4-13-35(2)18-22/h6-12,14-15,22H,4-5,13,17-19H2,1-3H3,(H,33,37)/t22-/m1/s1. The fourth-order valence-corrected chi connectivity index (χ4v) is 5.09. The minimum Gasteiger partial charge on any atom is -0.475 e. The summed E-state index contributed by atoms with van der Waals surface area (Å²) in [5.74, 6) is 0.914. The molecular formula is C30H32N6O3. The molecule has 1 N–H and O–H groups in total. The van der Waals surface area contributed by atoms with Gasteiger partial charge in [0.15, 0.2) is 0 Å². The quantitative estimate of drug-likeness (QED) is 0.370. The fraction of sp³-hybridized carbons (Fsp3) is 0.333. The molecule has 9 nitrogen and oxygen atoms in total. The Morgan fingerprint density at radius 1 is 1.21 bits per heavy atom. The molecule has 1 saturated heterocycles. The van der Waals surface area contributed by atoms with Gasteiger partial charge in [-0.05, 0) is 62.7 Å². The Bertz CT molecular complexity index is 1520. The number of carbonyl (C=O) groups is 1. The molecule has 1 fully saturated rings. The van der Waals surface area contributed by atoms with Crippen molar-refractivity contribution in [2.24, 2.45) is 5.92 Å². The fourth-order valence-electron chi connectivity index (χ4n) is 5.09. The average molecular weight is 525 g/mol. The number of imidazole rings is 1. The van der Waals surface area contributed by atoms with Gasteiger partial charge in [0.1, 0.15) is 0 Å². The number of carbonyl (C=O) groups excluding carboxylic acids is 1. The van der Waals surface area contributed by atoms with E-state index in [1.54, 1.807) is 18.3 Å². The van der Waals surface area contributed by atoms with Crippen LogP contribution in [0.2, 0.25) is 0 Å². The van der Waals surface area contributed by atoms with Gasteiger partial charge in [0, 0.05) is 42.5 Å². The Morgan fingerprint density at radius 3 is 2.74 bits per heavy atom. The van der Waals surface area contributed by atoms with Crippen LogP contribution >= 0.6 is 0 Å². The number of nitriles is 1. The number of amides is 1. The van der Waals surface area contributed by atoms with Crippen molar-refractivity contribution in [3.63, 3.8) is 0 Å². The molecule has 2 aromatic carbocycles. The third kappa shape index (κ3) is 5.71. The Morgan fingerprint density at radius 2 is 2.00 bits per heavy atom. The summed E-state index contributed by atoms with van der Waals surface area (Å²) in [4.78, 5) is 23.7. The van der Waals surface area contributed by atoms with Crippen molar-refractivity contribution < 1.29 is 14.3 Å². The maximum atomic E-state index is 11.7. The lowest BCUT2D eigenvalue weighted by molar-refractivity contribution is 0.148. The lowest BCUT2D eigenvalue weighted by atomic mass is 9.98. The van der Waals surface area contributed by atoms with Gasteiger partial charge in [-0.1, -0.05) is 24.3 Å². The predicted molar refractivity (Wildman–Crippen MR) is 148 cm³/mol. The minimum absolute atomic E-state index is 0.329. The van der Waals surface area contributed by atoms with Crippen LogP contribution in [0.4, 0.5) is 4.79 Å². The highest BCUT2D eigenvalue weighted by Crippen LogP contribution is 2.36. The van der Waals surface area contributed by atoms with Crippen molar-refractivity contribution >= 4 is 11.7 Å². The number of benzene rings is 2. The number of piperidine rings is 1. The van der Waals surface area contributed by atoms with Crippen molar-refractivity contribution in [3.05, 3.63) is 71.5 Å². The summed E-state index contributed by atoms with van der Waals surface area (Å²) in [6, 6.07) is 15.7. The van der Waals surface area contributed by atoms with Gasteiger partial charge in [0.25, 0.3) is 5.88 Å². The van der Waals surface area contributed by atoms with Crippen LogP contribution in [0, 0.1) is 24.2 Å². The molecular weight excluding hydrogens is 492 g/mol. The number of aromatic nitrogens is 3. The van der Waals surface area contributed by atoms with Gasteiger partial charge in [-0.3, -0.25) is 4.40 Å². The van der Waals surface area contributed by atoms with E-state index in [0.29, 0.717) is 36.2 Å². The second-order valence-electron chi connectivity index (χ2n) is 9.99. The third-order valence-electron chi connectivity index (χ3n) is 7.21. The second-order valence-corrected chi connectivity index (χ2v) is 9.99. The lowest BCUT2D eigenvalue weighted by Gasteiger charge is -2.29. The monoisotopic (exact) mass is 524 g/mol. The lowest BCUT2D eigenvalue weighted by Crippen LogP contribution is -2.34. The van der Waals surface area contributed by atoms with Gasteiger partial charge in [-0.25, -0.2) is 14.8 Å². The zero-order chi connectivity index (χ0) is 27.4. The predicted octanol–water partition coefficient (Wildman–Crippen LogP) is 4.82. The zero-order valence-corrected chi connectivity index (χ0v) is 22.5. The smallest absolute Gasteiger partial charge is 0.407 e. The number of nitrogens with zero attached hydrogens (tertiary/aromatic N) is 5. The first-order valence-electron chi connectivity index (χ1n) is 13.1. The maximum Gasteiger partial charge on any atom is 0.407 e. The van der Waals surface area contributed by atoms with Crippen LogP contribution < -0.4 is 10.1 Å². The molecule has 3 heterocycles. The topological polar surface area (TPSA) is 105 Å². The first-order valence-corrected chi connectivity index (χ1v) is 13.1. The van der Waals surface area contributed by atoms with E-state index in [1.807, 2.05) is 47.9 Å². The van der Waals surface area contributed by atoms with Gasteiger partial charge in [0.05, 0.1) is 36.7 Å². The van der Waals surface area contributed by atoms with Crippen molar-refractivity contribution in [2.75, 3.05) is 33.9 Å². The number of alkyl carbamates (subject to hydrolysis) is 1. The highest BCUT2D eigenvalue weighted by Gasteiger charge is 2.22. The van der Waals surface area contributed by atoms with Crippen LogP contribution in [0.15, 0.2) is 54.9 Å². The Balaban J connectivity index is 1.60. The normalized spacial score (nSPS) is 15.6. The van der Waals surface area contributed by atoms with Gasteiger partial charge in [-0.15, -0.1) is 0 Å². The summed E-state index contributed by atoms with van der Waals surface area (Å²) in [6.45, 7) is 5.02. The summed E-state index contributed by atoms with van der Waals surface area (Å²) in [6.07, 6.45) is 5.46. The molecule has 39 heavy (non-hydrogen) atoms. The average Bonchev–Trinajstić information content (AvgIpc) is 3.45. The van der Waals surface area contributed by atoms with Gasteiger partial charge in [0.2, 0.25) is 5.65 Å².